The molecule has 0 bridgehead atoms. The number of rotatable bonds is 6. The van der Waals surface area contributed by atoms with E-state index in [4.69, 9.17) is 5.84 Å². The number of amides is 2. The number of benzene rings is 1. The van der Waals surface area contributed by atoms with Crippen LogP contribution in [0.1, 0.15) is 26.6 Å². The van der Waals surface area contributed by atoms with E-state index in [0.29, 0.717) is 16.7 Å². The SMILES string of the molecule is CC(C)(C)c1nnc(SCC(=O)NCC(=O)Nc2ccc(F)cc2)n1N. The van der Waals surface area contributed by atoms with Crippen LogP contribution in [0.25, 0.3) is 0 Å². The van der Waals surface area contributed by atoms with Gasteiger partial charge in [-0.3, -0.25) is 9.59 Å². The smallest absolute Gasteiger partial charge is 0.243 e. The Morgan fingerprint density at radius 3 is 2.42 bits per heavy atom. The van der Waals surface area contributed by atoms with Gasteiger partial charge in [-0.15, -0.1) is 10.2 Å². The van der Waals surface area contributed by atoms with Crippen LogP contribution in [-0.4, -0.2) is 39.0 Å². The van der Waals surface area contributed by atoms with Gasteiger partial charge in [-0.1, -0.05) is 32.5 Å². The molecule has 0 aliphatic carbocycles. The zero-order valence-electron chi connectivity index (χ0n) is 14.7. The standard InChI is InChI=1S/C16H21FN6O2S/c1-16(2,3)14-21-22-15(23(14)18)26-9-13(25)19-8-12(24)20-11-6-4-10(17)5-7-11/h4-7H,8-9,18H2,1-3H3,(H,19,25)(H,20,24). The van der Waals surface area contributed by atoms with Crippen LogP contribution < -0.4 is 16.5 Å². The van der Waals surface area contributed by atoms with Crippen molar-refractivity contribution in [3.8, 4) is 0 Å². The summed E-state index contributed by atoms with van der Waals surface area (Å²) in [7, 11) is 0. The van der Waals surface area contributed by atoms with Gasteiger partial charge in [0.05, 0.1) is 12.3 Å². The third-order valence-corrected chi connectivity index (χ3v) is 4.18. The van der Waals surface area contributed by atoms with E-state index < -0.39 is 11.7 Å². The van der Waals surface area contributed by atoms with Gasteiger partial charge < -0.3 is 16.5 Å². The van der Waals surface area contributed by atoms with Crippen molar-refractivity contribution >= 4 is 29.3 Å². The van der Waals surface area contributed by atoms with Gasteiger partial charge in [-0.2, -0.15) is 0 Å². The highest BCUT2D eigenvalue weighted by atomic mass is 32.2. The lowest BCUT2D eigenvalue weighted by Crippen LogP contribution is -2.34. The van der Waals surface area contributed by atoms with E-state index in [2.05, 4.69) is 20.8 Å². The Hall–Kier alpha value is -2.62. The molecule has 0 saturated heterocycles. The zero-order valence-corrected chi connectivity index (χ0v) is 15.6. The summed E-state index contributed by atoms with van der Waals surface area (Å²) in [5.41, 5.74) is 0.187. The zero-order chi connectivity index (χ0) is 19.3. The van der Waals surface area contributed by atoms with Crippen molar-refractivity contribution in [2.75, 3.05) is 23.5 Å². The fourth-order valence-corrected chi connectivity index (χ4v) is 2.67. The topological polar surface area (TPSA) is 115 Å². The number of thioether (sulfide) groups is 1. The summed E-state index contributed by atoms with van der Waals surface area (Å²) in [6.45, 7) is 5.68. The molecular formula is C16H21FN6O2S. The molecule has 0 atom stereocenters. The molecule has 0 aliphatic rings. The molecular weight excluding hydrogens is 359 g/mol. The Labute approximate surface area is 154 Å². The lowest BCUT2D eigenvalue weighted by molar-refractivity contribution is -0.122. The van der Waals surface area contributed by atoms with Gasteiger partial charge >= 0.3 is 0 Å². The van der Waals surface area contributed by atoms with Gasteiger partial charge in [-0.25, -0.2) is 9.07 Å². The van der Waals surface area contributed by atoms with Gasteiger partial charge in [0, 0.05) is 11.1 Å². The summed E-state index contributed by atoms with van der Waals surface area (Å²) < 4.78 is 14.2. The minimum Gasteiger partial charge on any atom is -0.346 e. The summed E-state index contributed by atoms with van der Waals surface area (Å²) in [4.78, 5) is 23.6. The Morgan fingerprint density at radius 2 is 1.85 bits per heavy atom. The Bertz CT molecular complexity index is 785. The van der Waals surface area contributed by atoms with Crippen molar-refractivity contribution in [1.29, 1.82) is 0 Å². The molecule has 8 nitrogen and oxygen atoms in total. The van der Waals surface area contributed by atoms with Crippen molar-refractivity contribution in [1.82, 2.24) is 20.2 Å². The fourth-order valence-electron chi connectivity index (χ4n) is 1.99. The van der Waals surface area contributed by atoms with Gasteiger partial charge in [0.1, 0.15) is 5.82 Å². The number of anilines is 1. The number of nitrogen functional groups attached to an aromatic ring is 1. The molecule has 0 spiro atoms. The third kappa shape index (κ3) is 5.45. The van der Waals surface area contributed by atoms with E-state index in [-0.39, 0.29) is 23.6 Å². The normalized spacial score (nSPS) is 11.2. The molecule has 0 saturated carbocycles. The second-order valence-electron chi connectivity index (χ2n) is 6.55. The lowest BCUT2D eigenvalue weighted by atomic mass is 9.96. The third-order valence-electron chi connectivity index (χ3n) is 3.24. The van der Waals surface area contributed by atoms with Gasteiger partial charge in [0.15, 0.2) is 5.82 Å². The van der Waals surface area contributed by atoms with E-state index >= 15 is 0 Å². The minimum absolute atomic E-state index is 0.0449. The van der Waals surface area contributed by atoms with Crippen LogP contribution in [0.15, 0.2) is 29.4 Å². The Balaban J connectivity index is 1.78. The summed E-state index contributed by atoms with van der Waals surface area (Å²) in [5.74, 6) is 5.45. The first-order valence-electron chi connectivity index (χ1n) is 7.82. The number of nitrogens with two attached hydrogens (primary N) is 1. The molecule has 26 heavy (non-hydrogen) atoms. The van der Waals surface area contributed by atoms with E-state index in [1.54, 1.807) is 0 Å². The monoisotopic (exact) mass is 380 g/mol. The lowest BCUT2D eigenvalue weighted by Gasteiger charge is -2.16. The molecule has 0 radical (unpaired) electrons. The number of hydrogen-bond acceptors (Lipinski definition) is 6. The average Bonchev–Trinajstić information content (AvgIpc) is 2.94. The maximum absolute atomic E-state index is 12.8. The first-order chi connectivity index (χ1) is 12.2. The largest absolute Gasteiger partial charge is 0.346 e. The molecule has 4 N–H and O–H groups in total. The van der Waals surface area contributed by atoms with Crippen LogP contribution >= 0.6 is 11.8 Å². The molecule has 0 unspecified atom stereocenters. The first-order valence-corrected chi connectivity index (χ1v) is 8.81. The number of carbonyl (C=O) groups is 2. The molecule has 10 heteroatoms. The molecule has 2 amide bonds. The van der Waals surface area contributed by atoms with Crippen molar-refractivity contribution in [3.63, 3.8) is 0 Å². The second kappa shape index (κ2) is 8.17. The Kier molecular flexibility index (Phi) is 6.19. The maximum atomic E-state index is 12.8. The summed E-state index contributed by atoms with van der Waals surface area (Å²) in [5, 5.41) is 13.5. The summed E-state index contributed by atoms with van der Waals surface area (Å²) >= 11 is 1.13. The van der Waals surface area contributed by atoms with Crippen molar-refractivity contribution in [2.45, 2.75) is 31.3 Å². The Morgan fingerprint density at radius 1 is 1.19 bits per heavy atom. The van der Waals surface area contributed by atoms with Gasteiger partial charge in [-0.05, 0) is 24.3 Å². The van der Waals surface area contributed by atoms with Gasteiger partial charge in [0.2, 0.25) is 17.0 Å². The van der Waals surface area contributed by atoms with Crippen LogP contribution in [0.4, 0.5) is 10.1 Å². The highest BCUT2D eigenvalue weighted by Crippen LogP contribution is 2.22. The van der Waals surface area contributed by atoms with E-state index in [1.165, 1.54) is 28.9 Å². The summed E-state index contributed by atoms with van der Waals surface area (Å²) in [6, 6.07) is 5.34. The molecule has 2 aromatic rings. The quantitative estimate of drug-likeness (QED) is 0.514. The van der Waals surface area contributed by atoms with E-state index in [1.807, 2.05) is 20.8 Å². The minimum atomic E-state index is -0.410. The van der Waals surface area contributed by atoms with Gasteiger partial charge in [0.25, 0.3) is 0 Å². The summed E-state index contributed by atoms with van der Waals surface area (Å²) in [6.07, 6.45) is 0. The number of aromatic nitrogens is 3. The van der Waals surface area contributed by atoms with Crippen LogP contribution in [0.3, 0.4) is 0 Å². The van der Waals surface area contributed by atoms with Crippen LogP contribution in [-0.2, 0) is 15.0 Å². The maximum Gasteiger partial charge on any atom is 0.243 e. The van der Waals surface area contributed by atoms with Crippen molar-refractivity contribution < 1.29 is 14.0 Å². The predicted octanol–water partition coefficient (Wildman–Crippen LogP) is 1.28. The predicted molar refractivity (Wildman–Crippen MR) is 97.6 cm³/mol. The molecule has 140 valence electrons. The molecule has 0 fully saturated rings. The molecule has 1 aromatic carbocycles. The number of carbonyl (C=O) groups excluding carboxylic acids is 2. The molecule has 1 heterocycles. The second-order valence-corrected chi connectivity index (χ2v) is 7.49. The van der Waals surface area contributed by atoms with E-state index in [9.17, 15) is 14.0 Å². The molecule has 2 rings (SSSR count). The van der Waals surface area contributed by atoms with Crippen LogP contribution in [0.2, 0.25) is 0 Å². The first kappa shape index (κ1) is 19.7. The van der Waals surface area contributed by atoms with Crippen molar-refractivity contribution in [3.05, 3.63) is 35.9 Å². The average molecular weight is 380 g/mol. The van der Waals surface area contributed by atoms with Crippen molar-refractivity contribution in [2.24, 2.45) is 0 Å². The highest BCUT2D eigenvalue weighted by Gasteiger charge is 2.23. The number of halogens is 1. The highest BCUT2D eigenvalue weighted by molar-refractivity contribution is 7.99. The van der Waals surface area contributed by atoms with E-state index in [0.717, 1.165) is 11.8 Å². The fraction of sp³-hybridized carbons (Fsp3) is 0.375. The molecule has 0 aliphatic heterocycles. The number of nitrogens with one attached hydrogen (secondary N) is 2. The number of nitrogens with zero attached hydrogens (tertiary/aromatic N) is 3. The van der Waals surface area contributed by atoms with Crippen LogP contribution in [0, 0.1) is 5.82 Å². The van der Waals surface area contributed by atoms with Crippen LogP contribution in [0.5, 0.6) is 0 Å². The number of hydrogen-bond donors (Lipinski definition) is 3. The molecule has 1 aromatic heterocycles.